The standard InChI is InChI=1S/C21H22FN3O3/c1-13-4-3-5-17-20(13)15(21(26)24-17)11-23-14-6-7-18(16(22)10-14)25(2)12-19-27-8-9-28-19/h3-7,10-11,15,19H,8-9,12H2,1-2H3,(H,24,26). The van der Waals surface area contributed by atoms with Crippen LogP contribution in [0.3, 0.4) is 0 Å². The summed E-state index contributed by atoms with van der Waals surface area (Å²) in [7, 11) is 1.79. The van der Waals surface area contributed by atoms with Gasteiger partial charge in [0.2, 0.25) is 5.91 Å². The average Bonchev–Trinajstić information content (AvgIpc) is 3.27. The fourth-order valence-corrected chi connectivity index (χ4v) is 3.57. The molecule has 4 rings (SSSR count). The molecule has 2 aliphatic heterocycles. The van der Waals surface area contributed by atoms with Crippen molar-refractivity contribution in [2.24, 2.45) is 4.99 Å². The molecule has 7 heteroatoms. The summed E-state index contributed by atoms with van der Waals surface area (Å²) in [4.78, 5) is 18.4. The van der Waals surface area contributed by atoms with Gasteiger partial charge in [-0.3, -0.25) is 9.79 Å². The van der Waals surface area contributed by atoms with Crippen molar-refractivity contribution in [3.05, 3.63) is 53.3 Å². The van der Waals surface area contributed by atoms with E-state index in [-0.39, 0.29) is 18.0 Å². The number of likely N-dealkylation sites (N-methyl/N-ethyl adjacent to an activating group) is 1. The predicted octanol–water partition coefficient (Wildman–Crippen LogP) is 3.38. The van der Waals surface area contributed by atoms with Gasteiger partial charge in [0.25, 0.3) is 0 Å². The van der Waals surface area contributed by atoms with Gasteiger partial charge in [0.05, 0.1) is 31.1 Å². The van der Waals surface area contributed by atoms with Crippen LogP contribution in [-0.4, -0.2) is 45.2 Å². The lowest BCUT2D eigenvalue weighted by molar-refractivity contribution is -0.115. The monoisotopic (exact) mass is 383 g/mol. The normalized spacial score (nSPS) is 19.2. The first-order valence-corrected chi connectivity index (χ1v) is 9.21. The Labute approximate surface area is 163 Å². The van der Waals surface area contributed by atoms with Gasteiger partial charge in [0.1, 0.15) is 11.7 Å². The number of rotatable bonds is 5. The number of carbonyl (C=O) groups is 1. The smallest absolute Gasteiger partial charge is 0.237 e. The van der Waals surface area contributed by atoms with E-state index < -0.39 is 5.92 Å². The fraction of sp³-hybridized carbons (Fsp3) is 0.333. The lowest BCUT2D eigenvalue weighted by Crippen LogP contribution is -2.30. The van der Waals surface area contributed by atoms with Crippen LogP contribution in [-0.2, 0) is 14.3 Å². The molecule has 0 aliphatic carbocycles. The zero-order chi connectivity index (χ0) is 19.7. The molecular formula is C21H22FN3O3. The average molecular weight is 383 g/mol. The molecule has 1 atom stereocenters. The molecule has 2 aromatic rings. The van der Waals surface area contributed by atoms with E-state index in [1.807, 2.05) is 25.1 Å². The third kappa shape index (κ3) is 3.63. The number of amides is 1. The molecule has 1 amide bonds. The van der Waals surface area contributed by atoms with E-state index in [1.54, 1.807) is 30.3 Å². The number of hydrogen-bond acceptors (Lipinski definition) is 5. The van der Waals surface area contributed by atoms with Crippen molar-refractivity contribution in [3.63, 3.8) is 0 Å². The van der Waals surface area contributed by atoms with Crippen molar-refractivity contribution in [3.8, 4) is 0 Å². The molecule has 6 nitrogen and oxygen atoms in total. The van der Waals surface area contributed by atoms with E-state index in [4.69, 9.17) is 9.47 Å². The van der Waals surface area contributed by atoms with Gasteiger partial charge in [-0.15, -0.1) is 0 Å². The van der Waals surface area contributed by atoms with Gasteiger partial charge < -0.3 is 19.7 Å². The molecule has 0 radical (unpaired) electrons. The third-order valence-electron chi connectivity index (χ3n) is 5.00. The molecule has 0 spiro atoms. The molecule has 28 heavy (non-hydrogen) atoms. The van der Waals surface area contributed by atoms with Gasteiger partial charge in [0, 0.05) is 25.0 Å². The van der Waals surface area contributed by atoms with Crippen molar-refractivity contribution in [1.29, 1.82) is 0 Å². The maximum atomic E-state index is 14.6. The van der Waals surface area contributed by atoms with Crippen molar-refractivity contribution in [2.45, 2.75) is 19.1 Å². The number of halogens is 1. The van der Waals surface area contributed by atoms with E-state index in [1.165, 1.54) is 6.07 Å². The molecule has 0 bridgehead atoms. The number of fused-ring (bicyclic) bond motifs is 1. The Bertz CT molecular complexity index is 925. The Kier molecular flexibility index (Phi) is 5.11. The lowest BCUT2D eigenvalue weighted by atomic mass is 9.97. The van der Waals surface area contributed by atoms with Crippen LogP contribution in [0.15, 0.2) is 41.4 Å². The molecule has 1 unspecified atom stereocenters. The number of nitrogens with zero attached hydrogens (tertiary/aromatic N) is 2. The minimum atomic E-state index is -0.474. The van der Waals surface area contributed by atoms with Crippen molar-refractivity contribution in [2.75, 3.05) is 37.0 Å². The maximum Gasteiger partial charge on any atom is 0.237 e. The Morgan fingerprint density at radius 3 is 2.82 bits per heavy atom. The zero-order valence-corrected chi connectivity index (χ0v) is 15.8. The quantitative estimate of drug-likeness (QED) is 0.804. The van der Waals surface area contributed by atoms with Crippen LogP contribution in [0.2, 0.25) is 0 Å². The highest BCUT2D eigenvalue weighted by Gasteiger charge is 2.30. The second-order valence-electron chi connectivity index (χ2n) is 6.97. The number of aliphatic imine (C=N–C) groups is 1. The molecular weight excluding hydrogens is 361 g/mol. The molecule has 1 N–H and O–H groups in total. The van der Waals surface area contributed by atoms with Gasteiger partial charge in [-0.1, -0.05) is 12.1 Å². The largest absolute Gasteiger partial charge is 0.367 e. The molecule has 2 heterocycles. The van der Waals surface area contributed by atoms with E-state index >= 15 is 0 Å². The highest BCUT2D eigenvalue weighted by molar-refractivity contribution is 6.13. The highest BCUT2D eigenvalue weighted by Crippen LogP contribution is 2.34. The number of benzene rings is 2. The van der Waals surface area contributed by atoms with Crippen LogP contribution in [0.25, 0.3) is 0 Å². The van der Waals surface area contributed by atoms with Gasteiger partial charge in [-0.2, -0.15) is 0 Å². The highest BCUT2D eigenvalue weighted by atomic mass is 19.1. The van der Waals surface area contributed by atoms with Crippen molar-refractivity contribution in [1.82, 2.24) is 0 Å². The second-order valence-corrected chi connectivity index (χ2v) is 6.97. The van der Waals surface area contributed by atoms with Gasteiger partial charge in [0.15, 0.2) is 6.29 Å². The Morgan fingerprint density at radius 2 is 2.07 bits per heavy atom. The molecule has 0 aromatic heterocycles. The topological polar surface area (TPSA) is 63.2 Å². The minimum absolute atomic E-state index is 0.124. The Balaban J connectivity index is 1.50. The third-order valence-corrected chi connectivity index (χ3v) is 5.00. The Hall–Kier alpha value is -2.77. The molecule has 0 saturated carbocycles. The summed E-state index contributed by atoms with van der Waals surface area (Å²) >= 11 is 0. The summed E-state index contributed by atoms with van der Waals surface area (Å²) < 4.78 is 25.4. The van der Waals surface area contributed by atoms with E-state index in [2.05, 4.69) is 10.3 Å². The first kappa shape index (κ1) is 18.6. The Morgan fingerprint density at radius 1 is 1.29 bits per heavy atom. The molecule has 2 aliphatic rings. The minimum Gasteiger partial charge on any atom is -0.367 e. The molecule has 1 fully saturated rings. The van der Waals surface area contributed by atoms with Gasteiger partial charge in [-0.05, 0) is 36.2 Å². The zero-order valence-electron chi connectivity index (χ0n) is 15.8. The second kappa shape index (κ2) is 7.69. The number of aryl methyl sites for hydroxylation is 1. The van der Waals surface area contributed by atoms with Crippen LogP contribution >= 0.6 is 0 Å². The van der Waals surface area contributed by atoms with Crippen LogP contribution in [0.4, 0.5) is 21.5 Å². The van der Waals surface area contributed by atoms with Crippen molar-refractivity contribution < 1.29 is 18.7 Å². The number of nitrogens with one attached hydrogen (secondary N) is 1. The summed E-state index contributed by atoms with van der Waals surface area (Å²) in [5, 5.41) is 2.86. The van der Waals surface area contributed by atoms with E-state index in [0.29, 0.717) is 31.1 Å². The SMILES string of the molecule is Cc1cccc2c1C(C=Nc1ccc(N(C)CC3OCCO3)c(F)c1)C(=O)N2. The van der Waals surface area contributed by atoms with E-state index in [9.17, 15) is 9.18 Å². The van der Waals surface area contributed by atoms with Gasteiger partial charge >= 0.3 is 0 Å². The summed E-state index contributed by atoms with van der Waals surface area (Å²) in [6, 6.07) is 10.5. The maximum absolute atomic E-state index is 14.6. The van der Waals surface area contributed by atoms with E-state index in [0.717, 1.165) is 16.8 Å². The fourth-order valence-electron chi connectivity index (χ4n) is 3.57. The summed E-state index contributed by atoms with van der Waals surface area (Å²) in [5.41, 5.74) is 3.65. The number of hydrogen-bond donors (Lipinski definition) is 1. The lowest BCUT2D eigenvalue weighted by Gasteiger charge is -2.22. The molecule has 2 aromatic carbocycles. The first-order chi connectivity index (χ1) is 13.5. The number of carbonyl (C=O) groups excluding carboxylic acids is 1. The van der Waals surface area contributed by atoms with Crippen LogP contribution in [0, 0.1) is 12.7 Å². The van der Waals surface area contributed by atoms with Crippen LogP contribution in [0.1, 0.15) is 17.0 Å². The van der Waals surface area contributed by atoms with Crippen LogP contribution in [0.5, 0.6) is 0 Å². The van der Waals surface area contributed by atoms with Crippen molar-refractivity contribution >= 4 is 29.2 Å². The number of ether oxygens (including phenoxy) is 2. The number of anilines is 2. The predicted molar refractivity (Wildman–Crippen MR) is 106 cm³/mol. The summed E-state index contributed by atoms with van der Waals surface area (Å²) in [5.74, 6) is -0.984. The molecule has 146 valence electrons. The summed E-state index contributed by atoms with van der Waals surface area (Å²) in [6.07, 6.45) is 1.23. The molecule has 1 saturated heterocycles. The van der Waals surface area contributed by atoms with Gasteiger partial charge in [-0.25, -0.2) is 4.39 Å². The van der Waals surface area contributed by atoms with Crippen LogP contribution < -0.4 is 10.2 Å². The summed E-state index contributed by atoms with van der Waals surface area (Å²) in [6.45, 7) is 3.53. The first-order valence-electron chi connectivity index (χ1n) is 9.21.